The number of rotatable bonds is 71. The Kier molecular flexibility index (Phi) is 73.2. The molecule has 5 heteroatoms. The Morgan fingerprint density at radius 3 is 0.765 bits per heavy atom. The van der Waals surface area contributed by atoms with Crippen LogP contribution in [0.4, 0.5) is 0 Å². The standard InChI is InChI=1S/C80H146O5/c1-3-5-7-9-11-13-15-17-19-21-23-25-27-29-31-33-35-37-39-40-41-43-45-47-49-51-53-55-57-59-61-63-65-67-69-71-73-75-80(83)85-78(76-81)77-84-79(82)74-72-70-68-66-64-62-60-58-56-54-52-50-48-46-44-42-38-36-34-32-30-28-26-24-22-20-18-16-14-12-10-8-6-4-2/h5,7,11,13,17,19,23,25,29,31,35,37,78,81H,3-4,6,8-10,12,14-16,18,20-22,24,26-28,30,32-34,36,38-77H2,1-2H3/b7-5-,13-11-,19-17-,25-23-,31-29-,37-35-. The summed E-state index contributed by atoms with van der Waals surface area (Å²) in [6, 6.07) is 0. The number of hydrogen-bond acceptors (Lipinski definition) is 5. The van der Waals surface area contributed by atoms with Crippen LogP contribution in [0.2, 0.25) is 0 Å². The highest BCUT2D eigenvalue weighted by molar-refractivity contribution is 5.70. The van der Waals surface area contributed by atoms with Gasteiger partial charge in [-0.05, 0) is 64.2 Å². The van der Waals surface area contributed by atoms with Gasteiger partial charge in [0.2, 0.25) is 0 Å². The van der Waals surface area contributed by atoms with Crippen LogP contribution in [0.15, 0.2) is 72.9 Å². The number of ether oxygens (including phenoxy) is 2. The molecule has 0 saturated heterocycles. The Hall–Kier alpha value is -2.66. The Labute approximate surface area is 531 Å². The van der Waals surface area contributed by atoms with Gasteiger partial charge in [-0.1, -0.05) is 401 Å². The molecular formula is C80H146O5. The summed E-state index contributed by atoms with van der Waals surface area (Å²) in [7, 11) is 0. The highest BCUT2D eigenvalue weighted by atomic mass is 16.6. The quantitative estimate of drug-likeness (QED) is 0.0373. The minimum absolute atomic E-state index is 0.0610. The van der Waals surface area contributed by atoms with Crippen molar-refractivity contribution < 1.29 is 24.2 Å². The third kappa shape index (κ3) is 73.7. The fourth-order valence-corrected chi connectivity index (χ4v) is 11.6. The highest BCUT2D eigenvalue weighted by Crippen LogP contribution is 2.19. The van der Waals surface area contributed by atoms with Crippen LogP contribution in [0.3, 0.4) is 0 Å². The molecule has 0 bridgehead atoms. The number of hydrogen-bond donors (Lipinski definition) is 1. The summed E-state index contributed by atoms with van der Waals surface area (Å²) in [6.07, 6.45) is 105. The summed E-state index contributed by atoms with van der Waals surface area (Å²) in [4.78, 5) is 24.7. The average molecular weight is 1190 g/mol. The van der Waals surface area contributed by atoms with Crippen molar-refractivity contribution in [3.63, 3.8) is 0 Å². The van der Waals surface area contributed by atoms with Crippen molar-refractivity contribution in [2.75, 3.05) is 13.2 Å². The first-order valence-corrected chi connectivity index (χ1v) is 38.0. The zero-order valence-electron chi connectivity index (χ0n) is 57.1. The number of aliphatic hydroxyl groups is 1. The van der Waals surface area contributed by atoms with Gasteiger partial charge in [-0.3, -0.25) is 9.59 Å². The lowest BCUT2D eigenvalue weighted by Crippen LogP contribution is -2.28. The molecule has 5 nitrogen and oxygen atoms in total. The molecule has 0 aromatic heterocycles. The lowest BCUT2D eigenvalue weighted by Gasteiger charge is -2.15. The zero-order valence-corrected chi connectivity index (χ0v) is 57.1. The molecule has 0 aliphatic heterocycles. The predicted octanol–water partition coefficient (Wildman–Crippen LogP) is 26.6. The van der Waals surface area contributed by atoms with Crippen LogP contribution in [-0.2, 0) is 19.1 Å². The van der Waals surface area contributed by atoms with Crippen LogP contribution >= 0.6 is 0 Å². The molecule has 1 atom stereocenters. The number of esters is 2. The lowest BCUT2D eigenvalue weighted by atomic mass is 10.0. The molecule has 0 aliphatic carbocycles. The van der Waals surface area contributed by atoms with E-state index in [4.69, 9.17) is 9.47 Å². The van der Waals surface area contributed by atoms with Crippen LogP contribution in [0.25, 0.3) is 0 Å². The van der Waals surface area contributed by atoms with Gasteiger partial charge >= 0.3 is 11.9 Å². The second kappa shape index (κ2) is 75.6. The molecule has 0 aromatic rings. The molecule has 0 radical (unpaired) electrons. The topological polar surface area (TPSA) is 72.8 Å². The molecule has 0 amide bonds. The van der Waals surface area contributed by atoms with Crippen LogP contribution < -0.4 is 0 Å². The molecule has 85 heavy (non-hydrogen) atoms. The van der Waals surface area contributed by atoms with Crippen molar-refractivity contribution in [3.8, 4) is 0 Å². The van der Waals surface area contributed by atoms with E-state index in [1.54, 1.807) is 0 Å². The molecule has 0 rings (SSSR count). The normalized spacial score (nSPS) is 12.6. The fraction of sp³-hybridized carbons (Fsp3) is 0.825. The maximum absolute atomic E-state index is 12.4. The van der Waals surface area contributed by atoms with Gasteiger partial charge in [-0.2, -0.15) is 0 Å². The molecule has 0 aliphatic rings. The van der Waals surface area contributed by atoms with Crippen molar-refractivity contribution in [1.82, 2.24) is 0 Å². The van der Waals surface area contributed by atoms with E-state index in [1.807, 2.05) is 0 Å². The number of allylic oxidation sites excluding steroid dienone is 12. The molecule has 0 spiro atoms. The Morgan fingerprint density at radius 1 is 0.282 bits per heavy atom. The second-order valence-electron chi connectivity index (χ2n) is 25.7. The zero-order chi connectivity index (χ0) is 61.2. The average Bonchev–Trinajstić information content (AvgIpc) is 3.52. The maximum atomic E-state index is 12.4. The van der Waals surface area contributed by atoms with E-state index in [-0.39, 0.29) is 25.2 Å². The van der Waals surface area contributed by atoms with E-state index >= 15 is 0 Å². The van der Waals surface area contributed by atoms with E-state index in [0.717, 1.165) is 70.6 Å². The van der Waals surface area contributed by atoms with Crippen LogP contribution in [-0.4, -0.2) is 36.4 Å². The minimum Gasteiger partial charge on any atom is -0.462 e. The molecule has 1 unspecified atom stereocenters. The first-order valence-electron chi connectivity index (χ1n) is 38.0. The first kappa shape index (κ1) is 82.3. The van der Waals surface area contributed by atoms with Gasteiger partial charge in [0, 0.05) is 12.8 Å². The van der Waals surface area contributed by atoms with E-state index in [0.29, 0.717) is 12.8 Å². The SMILES string of the molecule is CC/C=C\C/C=C\C/C=C\C/C=C\C/C=C\C/C=C\CCCCCCCCCCCCCCCCCCCCC(=O)OC(CO)COC(=O)CCCCCCCCCCCCCCCCCCCCCCCCCCCCCCCCCCCC. The summed E-state index contributed by atoms with van der Waals surface area (Å²) in [5.41, 5.74) is 0. The monoisotopic (exact) mass is 1190 g/mol. The molecular weight excluding hydrogens is 1040 g/mol. The minimum atomic E-state index is -0.773. The van der Waals surface area contributed by atoms with Gasteiger partial charge < -0.3 is 14.6 Å². The van der Waals surface area contributed by atoms with Gasteiger partial charge in [0.25, 0.3) is 0 Å². The van der Waals surface area contributed by atoms with E-state index in [9.17, 15) is 14.7 Å². The second-order valence-corrected chi connectivity index (χ2v) is 25.7. The van der Waals surface area contributed by atoms with Crippen molar-refractivity contribution >= 4 is 11.9 Å². The number of aliphatic hydroxyl groups excluding tert-OH is 1. The number of carbonyl (C=O) groups is 2. The summed E-state index contributed by atoms with van der Waals surface area (Å²) in [5, 5.41) is 9.72. The third-order valence-electron chi connectivity index (χ3n) is 17.3. The fourth-order valence-electron chi connectivity index (χ4n) is 11.6. The van der Waals surface area contributed by atoms with Gasteiger partial charge in [0.1, 0.15) is 6.61 Å². The van der Waals surface area contributed by atoms with E-state index in [2.05, 4.69) is 86.8 Å². The highest BCUT2D eigenvalue weighted by Gasteiger charge is 2.16. The van der Waals surface area contributed by atoms with Crippen molar-refractivity contribution in [3.05, 3.63) is 72.9 Å². The number of carbonyl (C=O) groups excluding carboxylic acids is 2. The summed E-state index contributed by atoms with van der Waals surface area (Å²) in [5.74, 6) is -0.568. The van der Waals surface area contributed by atoms with E-state index in [1.165, 1.54) is 308 Å². The molecule has 0 aromatic carbocycles. The molecule has 496 valence electrons. The van der Waals surface area contributed by atoms with Crippen LogP contribution in [0.1, 0.15) is 406 Å². The van der Waals surface area contributed by atoms with Crippen molar-refractivity contribution in [2.45, 2.75) is 412 Å². The van der Waals surface area contributed by atoms with Gasteiger partial charge in [-0.25, -0.2) is 0 Å². The van der Waals surface area contributed by atoms with Gasteiger partial charge in [-0.15, -0.1) is 0 Å². The summed E-state index contributed by atoms with van der Waals surface area (Å²) < 4.78 is 10.8. The van der Waals surface area contributed by atoms with Crippen LogP contribution in [0.5, 0.6) is 0 Å². The Morgan fingerprint density at radius 2 is 0.506 bits per heavy atom. The maximum Gasteiger partial charge on any atom is 0.306 e. The number of unbranched alkanes of at least 4 members (excludes halogenated alkanes) is 51. The molecule has 1 N–H and O–H groups in total. The molecule has 0 fully saturated rings. The van der Waals surface area contributed by atoms with Gasteiger partial charge in [0.05, 0.1) is 6.61 Å². The first-order chi connectivity index (χ1) is 42.1. The lowest BCUT2D eigenvalue weighted by molar-refractivity contribution is -0.161. The Bertz CT molecular complexity index is 1490. The molecule has 0 saturated carbocycles. The van der Waals surface area contributed by atoms with Crippen LogP contribution in [0, 0.1) is 0 Å². The van der Waals surface area contributed by atoms with Crippen molar-refractivity contribution in [2.24, 2.45) is 0 Å². The summed E-state index contributed by atoms with van der Waals surface area (Å²) in [6.45, 7) is 4.09. The predicted molar refractivity (Wildman–Crippen MR) is 376 cm³/mol. The Balaban J connectivity index is 3.40. The third-order valence-corrected chi connectivity index (χ3v) is 17.3. The van der Waals surface area contributed by atoms with E-state index < -0.39 is 6.10 Å². The molecule has 0 heterocycles. The van der Waals surface area contributed by atoms with Gasteiger partial charge in [0.15, 0.2) is 6.10 Å². The van der Waals surface area contributed by atoms with Crippen molar-refractivity contribution in [1.29, 1.82) is 0 Å². The largest absolute Gasteiger partial charge is 0.462 e. The summed E-state index contributed by atoms with van der Waals surface area (Å²) >= 11 is 0. The smallest absolute Gasteiger partial charge is 0.306 e.